The van der Waals surface area contributed by atoms with Gasteiger partial charge >= 0.3 is 12.6 Å². The van der Waals surface area contributed by atoms with Crippen molar-refractivity contribution in [1.29, 1.82) is 0 Å². The molecule has 4 rings (SSSR count). The van der Waals surface area contributed by atoms with Gasteiger partial charge in [0.05, 0.1) is 30.8 Å². The SMILES string of the molecule is CCOc1c2c(c(OC(F)F)c3ccccc13)CN(c1ccc(CC(=O)O)cc1F)C2=O. The molecule has 0 radical (unpaired) electrons. The second kappa shape index (κ2) is 8.41. The fourth-order valence-electron chi connectivity index (χ4n) is 3.94. The van der Waals surface area contributed by atoms with Gasteiger partial charge in [-0.1, -0.05) is 30.3 Å². The molecule has 0 spiro atoms. The number of fused-ring (bicyclic) bond motifs is 2. The van der Waals surface area contributed by atoms with Crippen molar-refractivity contribution in [2.45, 2.75) is 26.5 Å². The lowest BCUT2D eigenvalue weighted by Gasteiger charge is -2.17. The Labute approximate surface area is 180 Å². The summed E-state index contributed by atoms with van der Waals surface area (Å²) in [5.74, 6) is -2.49. The van der Waals surface area contributed by atoms with Gasteiger partial charge in [-0.15, -0.1) is 0 Å². The van der Waals surface area contributed by atoms with Crippen molar-refractivity contribution in [2.24, 2.45) is 0 Å². The first-order valence-corrected chi connectivity index (χ1v) is 9.79. The maximum atomic E-state index is 14.8. The van der Waals surface area contributed by atoms with Crippen LogP contribution in [0.15, 0.2) is 42.5 Å². The van der Waals surface area contributed by atoms with Gasteiger partial charge in [0.2, 0.25) is 0 Å². The summed E-state index contributed by atoms with van der Waals surface area (Å²) < 4.78 is 51.8. The van der Waals surface area contributed by atoms with Gasteiger partial charge in [-0.2, -0.15) is 8.78 Å². The van der Waals surface area contributed by atoms with E-state index in [1.54, 1.807) is 31.2 Å². The average Bonchev–Trinajstić information content (AvgIpc) is 3.07. The van der Waals surface area contributed by atoms with Crippen LogP contribution >= 0.6 is 0 Å². The lowest BCUT2D eigenvalue weighted by molar-refractivity contribution is -0.136. The van der Waals surface area contributed by atoms with Crippen LogP contribution in [0, 0.1) is 5.82 Å². The van der Waals surface area contributed by atoms with Crippen LogP contribution in [-0.2, 0) is 17.8 Å². The van der Waals surface area contributed by atoms with Crippen LogP contribution in [0.4, 0.5) is 18.9 Å². The van der Waals surface area contributed by atoms with Gasteiger partial charge in [-0.25, -0.2) is 4.39 Å². The summed E-state index contributed by atoms with van der Waals surface area (Å²) in [6, 6.07) is 10.3. The van der Waals surface area contributed by atoms with Crippen LogP contribution in [0.2, 0.25) is 0 Å². The highest BCUT2D eigenvalue weighted by atomic mass is 19.3. The number of halogens is 3. The summed E-state index contributed by atoms with van der Waals surface area (Å²) in [5, 5.41) is 9.68. The summed E-state index contributed by atoms with van der Waals surface area (Å²) in [4.78, 5) is 25.3. The van der Waals surface area contributed by atoms with Gasteiger partial charge in [-0.3, -0.25) is 9.59 Å². The Balaban J connectivity index is 1.88. The van der Waals surface area contributed by atoms with E-state index < -0.39 is 24.3 Å². The Bertz CT molecular complexity index is 1230. The van der Waals surface area contributed by atoms with Crippen molar-refractivity contribution in [1.82, 2.24) is 0 Å². The predicted molar refractivity (Wildman–Crippen MR) is 110 cm³/mol. The minimum atomic E-state index is -3.13. The van der Waals surface area contributed by atoms with E-state index in [1.807, 2.05) is 0 Å². The van der Waals surface area contributed by atoms with Gasteiger partial charge in [0.1, 0.15) is 17.3 Å². The Kier molecular flexibility index (Phi) is 5.65. The highest BCUT2D eigenvalue weighted by molar-refractivity contribution is 6.17. The normalized spacial score (nSPS) is 13.0. The lowest BCUT2D eigenvalue weighted by atomic mass is 9.99. The number of amides is 1. The van der Waals surface area contributed by atoms with Crippen molar-refractivity contribution in [2.75, 3.05) is 11.5 Å². The molecule has 0 aliphatic carbocycles. The van der Waals surface area contributed by atoms with Gasteiger partial charge in [-0.05, 0) is 24.6 Å². The van der Waals surface area contributed by atoms with Crippen LogP contribution in [-0.4, -0.2) is 30.2 Å². The van der Waals surface area contributed by atoms with Crippen molar-refractivity contribution in [3.05, 3.63) is 65.0 Å². The number of alkyl halides is 2. The maximum Gasteiger partial charge on any atom is 0.387 e. The summed E-state index contributed by atoms with van der Waals surface area (Å²) in [6.07, 6.45) is -0.377. The number of anilines is 1. The molecule has 0 saturated heterocycles. The predicted octanol–water partition coefficient (Wildman–Crippen LogP) is 4.77. The van der Waals surface area contributed by atoms with Gasteiger partial charge < -0.3 is 19.5 Å². The van der Waals surface area contributed by atoms with E-state index in [9.17, 15) is 22.8 Å². The number of carbonyl (C=O) groups excluding carboxylic acids is 1. The van der Waals surface area contributed by atoms with Crippen molar-refractivity contribution in [3.8, 4) is 11.5 Å². The zero-order valence-electron chi connectivity index (χ0n) is 16.9. The molecule has 0 aromatic heterocycles. The summed E-state index contributed by atoms with van der Waals surface area (Å²) in [7, 11) is 0. The van der Waals surface area contributed by atoms with Crippen LogP contribution in [0.25, 0.3) is 10.8 Å². The third kappa shape index (κ3) is 3.70. The first kappa shape index (κ1) is 21.5. The molecule has 6 nitrogen and oxygen atoms in total. The molecule has 166 valence electrons. The summed E-state index contributed by atoms with van der Waals surface area (Å²) in [6.45, 7) is -1.40. The number of ether oxygens (including phenoxy) is 2. The molecule has 1 aliphatic rings. The Morgan fingerprint density at radius 2 is 1.84 bits per heavy atom. The Morgan fingerprint density at radius 3 is 2.44 bits per heavy atom. The topological polar surface area (TPSA) is 76.1 Å². The highest BCUT2D eigenvalue weighted by Crippen LogP contribution is 2.46. The number of rotatable bonds is 7. The molecule has 32 heavy (non-hydrogen) atoms. The number of carboxylic acid groups (broad SMARTS) is 1. The van der Waals surface area contributed by atoms with Gasteiger partial charge in [0, 0.05) is 16.3 Å². The largest absolute Gasteiger partial charge is 0.492 e. The monoisotopic (exact) mass is 445 g/mol. The standard InChI is InChI=1S/C23H18F3NO5/c1-2-31-21-14-6-4-3-5-13(14)20(32-23(25)26)15-11-27(22(30)19(15)21)17-8-7-12(9-16(17)24)10-18(28)29/h3-9,23H,2,10-11H2,1H3,(H,28,29). The van der Waals surface area contributed by atoms with Crippen LogP contribution in [0.3, 0.4) is 0 Å². The van der Waals surface area contributed by atoms with E-state index in [2.05, 4.69) is 0 Å². The number of carbonyl (C=O) groups is 2. The molecule has 0 atom stereocenters. The molecule has 1 N–H and O–H groups in total. The minimum absolute atomic E-state index is 0.0372. The summed E-state index contributed by atoms with van der Waals surface area (Å²) >= 11 is 0. The lowest BCUT2D eigenvalue weighted by Crippen LogP contribution is -2.24. The molecule has 0 fully saturated rings. The molecule has 3 aromatic rings. The number of hydrogen-bond acceptors (Lipinski definition) is 4. The Hall–Kier alpha value is -3.75. The fourth-order valence-corrected chi connectivity index (χ4v) is 3.94. The molecule has 0 bridgehead atoms. The fraction of sp³-hybridized carbons (Fsp3) is 0.217. The molecular weight excluding hydrogens is 427 g/mol. The molecule has 1 amide bonds. The van der Waals surface area contributed by atoms with E-state index >= 15 is 0 Å². The zero-order valence-corrected chi connectivity index (χ0v) is 16.9. The average molecular weight is 445 g/mol. The quantitative estimate of drug-likeness (QED) is 0.567. The number of nitrogens with zero attached hydrogens (tertiary/aromatic N) is 1. The molecule has 3 aromatic carbocycles. The molecule has 9 heteroatoms. The summed E-state index contributed by atoms with van der Waals surface area (Å²) in [5.41, 5.74) is 0.335. The van der Waals surface area contributed by atoms with E-state index in [1.165, 1.54) is 12.1 Å². The highest BCUT2D eigenvalue weighted by Gasteiger charge is 2.38. The number of hydrogen-bond donors (Lipinski definition) is 1. The minimum Gasteiger partial charge on any atom is -0.492 e. The van der Waals surface area contributed by atoms with Gasteiger partial charge in [0.25, 0.3) is 5.91 Å². The van der Waals surface area contributed by atoms with Crippen LogP contribution < -0.4 is 14.4 Å². The third-order valence-electron chi connectivity index (χ3n) is 5.15. The third-order valence-corrected chi connectivity index (χ3v) is 5.15. The molecule has 1 aliphatic heterocycles. The molecule has 1 heterocycles. The molecular formula is C23H18F3NO5. The molecule has 0 unspecified atom stereocenters. The second-order valence-corrected chi connectivity index (χ2v) is 7.12. The van der Waals surface area contributed by atoms with Crippen molar-refractivity contribution in [3.63, 3.8) is 0 Å². The van der Waals surface area contributed by atoms with E-state index in [0.29, 0.717) is 10.8 Å². The van der Waals surface area contributed by atoms with Crippen molar-refractivity contribution < 1.29 is 37.3 Å². The smallest absolute Gasteiger partial charge is 0.387 e. The molecule has 0 saturated carbocycles. The van der Waals surface area contributed by atoms with Crippen LogP contribution in [0.5, 0.6) is 11.5 Å². The second-order valence-electron chi connectivity index (χ2n) is 7.12. The maximum absolute atomic E-state index is 14.8. The van der Waals surface area contributed by atoms with Crippen molar-refractivity contribution >= 4 is 28.3 Å². The van der Waals surface area contributed by atoms with Gasteiger partial charge in [0.15, 0.2) is 0 Å². The number of benzene rings is 3. The first-order chi connectivity index (χ1) is 15.3. The van der Waals surface area contributed by atoms with E-state index in [-0.39, 0.29) is 53.4 Å². The Morgan fingerprint density at radius 1 is 1.16 bits per heavy atom. The van der Waals surface area contributed by atoms with Crippen LogP contribution in [0.1, 0.15) is 28.4 Å². The number of carboxylic acids is 1. The zero-order chi connectivity index (χ0) is 23.0. The number of aliphatic carboxylic acids is 1. The van der Waals surface area contributed by atoms with E-state index in [4.69, 9.17) is 14.6 Å². The first-order valence-electron chi connectivity index (χ1n) is 9.79. The van der Waals surface area contributed by atoms with E-state index in [0.717, 1.165) is 11.0 Å².